The highest BCUT2D eigenvalue weighted by Crippen LogP contribution is 2.52. The summed E-state index contributed by atoms with van der Waals surface area (Å²) in [5, 5.41) is 2.28. The van der Waals surface area contributed by atoms with E-state index in [4.69, 9.17) is 4.42 Å². The van der Waals surface area contributed by atoms with Crippen LogP contribution in [-0.2, 0) is 11.8 Å². The molecular formula is C61H45NO. The van der Waals surface area contributed by atoms with Crippen LogP contribution in [0.15, 0.2) is 211 Å². The normalized spacial score (nSPS) is 13.5. The maximum absolute atomic E-state index is 6.46. The molecule has 0 spiro atoms. The molecule has 9 aromatic carbocycles. The Labute approximate surface area is 369 Å². The van der Waals surface area contributed by atoms with Crippen LogP contribution in [0.4, 0.5) is 17.1 Å². The molecule has 2 heteroatoms. The number of hydrogen-bond donors (Lipinski definition) is 0. The van der Waals surface area contributed by atoms with Gasteiger partial charge in [-0.2, -0.15) is 0 Å². The van der Waals surface area contributed by atoms with Crippen LogP contribution >= 0.6 is 0 Å². The Hall–Kier alpha value is -7.68. The maximum Gasteiger partial charge on any atom is 0.143 e. The molecule has 0 saturated heterocycles. The van der Waals surface area contributed by atoms with E-state index in [9.17, 15) is 0 Å². The minimum Gasteiger partial charge on any atom is -0.455 e. The van der Waals surface area contributed by atoms with Crippen molar-refractivity contribution in [2.75, 3.05) is 4.90 Å². The Kier molecular flexibility index (Phi) is 8.69. The highest BCUT2D eigenvalue weighted by atomic mass is 16.3. The summed E-state index contributed by atoms with van der Waals surface area (Å²) >= 11 is 0. The fourth-order valence-electron chi connectivity index (χ4n) is 10.2. The number of nitrogens with zero attached hydrogens (tertiary/aromatic N) is 1. The number of benzene rings is 9. The lowest BCUT2D eigenvalue weighted by atomic mass is 9.81. The highest BCUT2D eigenvalue weighted by Gasteiger charge is 2.36. The first kappa shape index (κ1) is 37.1. The predicted octanol–water partition coefficient (Wildman–Crippen LogP) is 17.0. The van der Waals surface area contributed by atoms with E-state index < -0.39 is 0 Å². The molecule has 2 aliphatic carbocycles. The molecule has 10 aromatic rings. The van der Waals surface area contributed by atoms with Gasteiger partial charge in [0.1, 0.15) is 11.2 Å². The molecule has 300 valence electrons. The van der Waals surface area contributed by atoms with Gasteiger partial charge in [0.15, 0.2) is 0 Å². The fraction of sp³-hybridized carbons (Fsp3) is 0.0820. The molecule has 0 fully saturated rings. The van der Waals surface area contributed by atoms with E-state index in [0.717, 1.165) is 63.0 Å². The van der Waals surface area contributed by atoms with Crippen molar-refractivity contribution in [3.8, 4) is 55.6 Å². The summed E-state index contributed by atoms with van der Waals surface area (Å²) < 4.78 is 6.46. The Balaban J connectivity index is 0.927. The summed E-state index contributed by atoms with van der Waals surface area (Å²) in [5.74, 6) is 0. The third kappa shape index (κ3) is 6.33. The summed E-state index contributed by atoms with van der Waals surface area (Å²) in [6.45, 7) is 4.77. The summed E-state index contributed by atoms with van der Waals surface area (Å²) in [5.41, 5.74) is 22.7. The summed E-state index contributed by atoms with van der Waals surface area (Å²) in [4.78, 5) is 2.40. The third-order valence-corrected chi connectivity index (χ3v) is 13.6. The van der Waals surface area contributed by atoms with Crippen LogP contribution in [0.1, 0.15) is 42.5 Å². The van der Waals surface area contributed by atoms with Crippen molar-refractivity contribution < 1.29 is 4.42 Å². The zero-order chi connectivity index (χ0) is 42.1. The molecule has 0 saturated carbocycles. The van der Waals surface area contributed by atoms with Crippen molar-refractivity contribution in [2.45, 2.75) is 32.1 Å². The van der Waals surface area contributed by atoms with Gasteiger partial charge in [-0.25, -0.2) is 0 Å². The molecular weight excluding hydrogens is 763 g/mol. The second-order valence-corrected chi connectivity index (χ2v) is 17.6. The Morgan fingerprint density at radius 2 is 0.984 bits per heavy atom. The number of para-hydroxylation sites is 2. The van der Waals surface area contributed by atoms with E-state index in [0.29, 0.717) is 0 Å². The molecule has 0 amide bonds. The topological polar surface area (TPSA) is 16.4 Å². The van der Waals surface area contributed by atoms with E-state index in [1.165, 1.54) is 66.8 Å². The van der Waals surface area contributed by atoms with Crippen molar-refractivity contribution in [1.82, 2.24) is 0 Å². The molecule has 1 aromatic heterocycles. The number of furan rings is 1. The lowest BCUT2D eigenvalue weighted by molar-refractivity contribution is 0.660. The minimum absolute atomic E-state index is 0.193. The van der Waals surface area contributed by atoms with Gasteiger partial charge in [-0.3, -0.25) is 0 Å². The number of rotatable bonds is 7. The fourth-order valence-corrected chi connectivity index (χ4v) is 10.2. The smallest absolute Gasteiger partial charge is 0.143 e. The van der Waals surface area contributed by atoms with Gasteiger partial charge in [-0.05, 0) is 140 Å². The standard InChI is InChI=1S/C61H45NO/c1-61(2)57-38-48(47-24-23-41-13-6-7-14-46(41)37-47)29-35-53(57)54-36-34-51(39-58(54)61)62(49-30-25-44(26-31-49)43-21-19-42(20-22-43)40-11-4-3-5-12-40)50-32-27-45(28-33-50)52-16-10-17-56-55-15-8-9-18-59(55)63-60(52)56/h3-5,7-12,14-39H,6,13H2,1-2H3. The van der Waals surface area contributed by atoms with Gasteiger partial charge >= 0.3 is 0 Å². The molecule has 0 unspecified atom stereocenters. The Bertz CT molecular complexity index is 3390. The van der Waals surface area contributed by atoms with E-state index in [1.807, 2.05) is 12.1 Å². The first-order valence-corrected chi connectivity index (χ1v) is 22.1. The van der Waals surface area contributed by atoms with Gasteiger partial charge in [0.25, 0.3) is 0 Å². The average molecular weight is 808 g/mol. The minimum atomic E-state index is -0.193. The van der Waals surface area contributed by atoms with Crippen molar-refractivity contribution in [1.29, 1.82) is 0 Å². The van der Waals surface area contributed by atoms with Gasteiger partial charge in [-0.15, -0.1) is 0 Å². The van der Waals surface area contributed by atoms with Crippen LogP contribution in [-0.4, -0.2) is 0 Å². The maximum atomic E-state index is 6.46. The zero-order valence-corrected chi connectivity index (χ0v) is 35.5. The highest BCUT2D eigenvalue weighted by molar-refractivity contribution is 6.09. The molecule has 0 N–H and O–H groups in total. The molecule has 2 nitrogen and oxygen atoms in total. The van der Waals surface area contributed by atoms with Crippen LogP contribution in [0.2, 0.25) is 0 Å². The molecule has 0 radical (unpaired) electrons. The van der Waals surface area contributed by atoms with Crippen LogP contribution in [0.3, 0.4) is 0 Å². The van der Waals surface area contributed by atoms with Crippen LogP contribution in [0.5, 0.6) is 0 Å². The largest absolute Gasteiger partial charge is 0.455 e. The predicted molar refractivity (Wildman–Crippen MR) is 265 cm³/mol. The molecule has 0 bridgehead atoms. The monoisotopic (exact) mass is 807 g/mol. The second kappa shape index (κ2) is 14.8. The van der Waals surface area contributed by atoms with Crippen molar-refractivity contribution >= 4 is 45.1 Å². The molecule has 0 atom stereocenters. The van der Waals surface area contributed by atoms with Crippen LogP contribution < -0.4 is 4.90 Å². The second-order valence-electron chi connectivity index (χ2n) is 17.6. The summed E-state index contributed by atoms with van der Waals surface area (Å²) in [6.07, 6.45) is 6.83. The SMILES string of the molecule is CC1(C)c2cc(-c3ccc4c(c3)C=CCC4)ccc2-c2ccc(N(c3ccc(-c4ccc(-c5ccccc5)cc4)cc3)c3ccc(-c4cccc5c4oc4ccccc45)cc3)cc21. The van der Waals surface area contributed by atoms with Gasteiger partial charge < -0.3 is 9.32 Å². The first-order chi connectivity index (χ1) is 31.0. The number of aryl methyl sites for hydroxylation is 1. The zero-order valence-electron chi connectivity index (χ0n) is 35.5. The van der Waals surface area contributed by atoms with E-state index >= 15 is 0 Å². The van der Waals surface area contributed by atoms with E-state index in [1.54, 1.807) is 0 Å². The van der Waals surface area contributed by atoms with Gasteiger partial charge in [0, 0.05) is 38.8 Å². The van der Waals surface area contributed by atoms with Crippen molar-refractivity contribution in [3.63, 3.8) is 0 Å². The third-order valence-electron chi connectivity index (χ3n) is 13.6. The number of allylic oxidation sites excluding steroid dienone is 1. The molecule has 1 heterocycles. The van der Waals surface area contributed by atoms with Gasteiger partial charge in [0.05, 0.1) is 0 Å². The van der Waals surface area contributed by atoms with E-state index in [2.05, 4.69) is 219 Å². The van der Waals surface area contributed by atoms with Crippen molar-refractivity contribution in [3.05, 3.63) is 229 Å². The molecule has 12 rings (SSSR count). The Morgan fingerprint density at radius 3 is 1.73 bits per heavy atom. The molecule has 0 aliphatic heterocycles. The van der Waals surface area contributed by atoms with Crippen LogP contribution in [0.25, 0.3) is 83.6 Å². The lowest BCUT2D eigenvalue weighted by Crippen LogP contribution is -2.16. The summed E-state index contributed by atoms with van der Waals surface area (Å²) in [7, 11) is 0. The number of anilines is 3. The first-order valence-electron chi connectivity index (χ1n) is 22.1. The van der Waals surface area contributed by atoms with Gasteiger partial charge in [0.2, 0.25) is 0 Å². The lowest BCUT2D eigenvalue weighted by Gasteiger charge is -2.28. The summed E-state index contributed by atoms with van der Waals surface area (Å²) in [6, 6.07) is 73.3. The van der Waals surface area contributed by atoms with Crippen molar-refractivity contribution in [2.24, 2.45) is 0 Å². The average Bonchev–Trinajstić information content (AvgIpc) is 3.83. The molecule has 63 heavy (non-hydrogen) atoms. The van der Waals surface area contributed by atoms with Crippen LogP contribution in [0, 0.1) is 0 Å². The Morgan fingerprint density at radius 1 is 0.429 bits per heavy atom. The number of hydrogen-bond acceptors (Lipinski definition) is 2. The van der Waals surface area contributed by atoms with Gasteiger partial charge in [-0.1, -0.05) is 172 Å². The quantitative estimate of drug-likeness (QED) is 0.159. The molecule has 2 aliphatic rings. The number of fused-ring (bicyclic) bond motifs is 7. The van der Waals surface area contributed by atoms with E-state index in [-0.39, 0.29) is 5.41 Å².